The van der Waals surface area contributed by atoms with Crippen LogP contribution in [0.25, 0.3) is 0 Å². The Labute approximate surface area is 117 Å². The molecule has 0 spiro atoms. The summed E-state index contributed by atoms with van der Waals surface area (Å²) in [4.78, 5) is 13.9. The van der Waals surface area contributed by atoms with E-state index in [4.69, 9.17) is 5.21 Å². The Morgan fingerprint density at radius 1 is 1.17 bits per heavy atom. The number of hydrogen-bond acceptors (Lipinski definition) is 4. The molecule has 0 aliphatic carbocycles. The monoisotopic (exact) mass is 278 g/mol. The summed E-state index contributed by atoms with van der Waals surface area (Å²) in [6.45, 7) is 8.51. The second-order valence-electron chi connectivity index (χ2n) is 4.30. The van der Waals surface area contributed by atoms with Crippen LogP contribution in [-0.2, 0) is 4.79 Å². The van der Waals surface area contributed by atoms with Crippen LogP contribution in [0.4, 0.5) is 0 Å². The van der Waals surface area contributed by atoms with Crippen molar-refractivity contribution in [1.29, 1.82) is 0 Å². The van der Waals surface area contributed by atoms with Crippen molar-refractivity contribution < 1.29 is 10.0 Å². The highest BCUT2D eigenvalue weighted by atomic mass is 35.5. The van der Waals surface area contributed by atoms with Crippen molar-refractivity contribution in [1.82, 2.24) is 4.90 Å². The molecule has 0 bridgehead atoms. The summed E-state index contributed by atoms with van der Waals surface area (Å²) >= 11 is 0. The number of nitrogens with zero attached hydrogens (tertiary/aromatic N) is 2. The summed E-state index contributed by atoms with van der Waals surface area (Å²) in [6.07, 6.45) is 4.56. The molecule has 0 aliphatic heterocycles. The van der Waals surface area contributed by atoms with E-state index in [1.165, 1.54) is 0 Å². The number of rotatable bonds is 10. The summed E-state index contributed by atoms with van der Waals surface area (Å²) in [6, 6.07) is 0. The lowest BCUT2D eigenvalue weighted by Gasteiger charge is -2.19. The SMILES string of the molecule is CCCCCC(=O)C(CN(CC)CCC)=NO.Cl. The number of ketones is 1. The molecule has 0 saturated carbocycles. The summed E-state index contributed by atoms with van der Waals surface area (Å²) in [5.41, 5.74) is 0.302. The summed E-state index contributed by atoms with van der Waals surface area (Å²) in [7, 11) is 0. The van der Waals surface area contributed by atoms with Gasteiger partial charge in [0.15, 0.2) is 5.78 Å². The van der Waals surface area contributed by atoms with Crippen LogP contribution in [0.15, 0.2) is 5.16 Å². The van der Waals surface area contributed by atoms with Gasteiger partial charge in [0.1, 0.15) is 5.71 Å². The minimum atomic E-state index is -0.0181. The van der Waals surface area contributed by atoms with Crippen LogP contribution in [0, 0.1) is 0 Å². The number of carbonyl (C=O) groups is 1. The van der Waals surface area contributed by atoms with Gasteiger partial charge in [0, 0.05) is 13.0 Å². The van der Waals surface area contributed by atoms with E-state index in [2.05, 4.69) is 23.9 Å². The molecule has 1 N–H and O–H groups in total. The summed E-state index contributed by atoms with van der Waals surface area (Å²) < 4.78 is 0. The molecule has 0 aromatic carbocycles. The first-order valence-corrected chi connectivity index (χ1v) is 6.65. The predicted octanol–water partition coefficient (Wildman–Crippen LogP) is 3.12. The Balaban J connectivity index is 0. The van der Waals surface area contributed by atoms with Gasteiger partial charge in [-0.2, -0.15) is 0 Å². The summed E-state index contributed by atoms with van der Waals surface area (Å²) in [5.74, 6) is -0.0181. The molecular weight excluding hydrogens is 252 g/mol. The van der Waals surface area contributed by atoms with Crippen molar-refractivity contribution in [3.05, 3.63) is 0 Å². The average molecular weight is 279 g/mol. The number of halogens is 1. The van der Waals surface area contributed by atoms with Gasteiger partial charge in [-0.15, -0.1) is 12.4 Å². The van der Waals surface area contributed by atoms with Crippen LogP contribution in [0.1, 0.15) is 52.9 Å². The standard InChI is InChI=1S/C13H26N2O2.ClH/c1-4-7-8-9-13(16)12(14-17)11-15(6-3)10-5-2;/h17H,4-11H2,1-3H3;1H. The molecule has 4 nitrogen and oxygen atoms in total. The Kier molecular flexibility index (Phi) is 14.1. The van der Waals surface area contributed by atoms with E-state index in [1.807, 2.05) is 6.92 Å². The highest BCUT2D eigenvalue weighted by Gasteiger charge is 2.14. The molecule has 0 fully saturated rings. The maximum absolute atomic E-state index is 11.8. The zero-order chi connectivity index (χ0) is 13.1. The largest absolute Gasteiger partial charge is 0.411 e. The molecule has 0 amide bonds. The van der Waals surface area contributed by atoms with Crippen molar-refractivity contribution in [2.75, 3.05) is 19.6 Å². The zero-order valence-electron chi connectivity index (χ0n) is 11.8. The van der Waals surface area contributed by atoms with Crippen molar-refractivity contribution in [3.63, 3.8) is 0 Å². The topological polar surface area (TPSA) is 52.9 Å². The third kappa shape index (κ3) is 8.48. The van der Waals surface area contributed by atoms with Crippen molar-refractivity contribution in [2.24, 2.45) is 5.16 Å². The quantitative estimate of drug-likeness (QED) is 0.289. The third-order valence-corrected chi connectivity index (χ3v) is 2.81. The van der Waals surface area contributed by atoms with Crippen LogP contribution in [0.3, 0.4) is 0 Å². The molecule has 0 radical (unpaired) electrons. The minimum Gasteiger partial charge on any atom is -0.411 e. The Hall–Kier alpha value is -0.610. The smallest absolute Gasteiger partial charge is 0.181 e. The number of unbranched alkanes of at least 4 members (excludes halogenated alkanes) is 2. The van der Waals surface area contributed by atoms with Gasteiger partial charge in [-0.3, -0.25) is 9.69 Å². The molecule has 108 valence electrons. The molecule has 0 unspecified atom stereocenters. The molecule has 0 rings (SSSR count). The molecule has 0 aromatic rings. The van der Waals surface area contributed by atoms with Gasteiger partial charge >= 0.3 is 0 Å². The minimum absolute atomic E-state index is 0. The Morgan fingerprint density at radius 3 is 2.28 bits per heavy atom. The molecule has 5 heteroatoms. The third-order valence-electron chi connectivity index (χ3n) is 2.81. The van der Waals surface area contributed by atoms with Crippen LogP contribution < -0.4 is 0 Å². The zero-order valence-corrected chi connectivity index (χ0v) is 12.6. The second kappa shape index (κ2) is 12.8. The van der Waals surface area contributed by atoms with Gasteiger partial charge in [0.25, 0.3) is 0 Å². The van der Waals surface area contributed by atoms with E-state index in [1.54, 1.807) is 0 Å². The van der Waals surface area contributed by atoms with E-state index in [0.717, 1.165) is 38.8 Å². The number of oxime groups is 1. The lowest BCUT2D eigenvalue weighted by molar-refractivity contribution is -0.113. The molecule has 0 aliphatic rings. The van der Waals surface area contributed by atoms with E-state index in [9.17, 15) is 4.79 Å². The van der Waals surface area contributed by atoms with Crippen LogP contribution in [0.5, 0.6) is 0 Å². The molecule has 18 heavy (non-hydrogen) atoms. The number of Topliss-reactive ketones (excluding diaryl/α,β-unsaturated/α-hetero) is 1. The number of hydrogen-bond donors (Lipinski definition) is 1. The molecular formula is C13H27ClN2O2. The fourth-order valence-corrected chi connectivity index (χ4v) is 1.73. The van der Waals surface area contributed by atoms with Gasteiger partial charge in [0.05, 0.1) is 0 Å². The average Bonchev–Trinajstić information content (AvgIpc) is 2.34. The first kappa shape index (κ1) is 19.7. The van der Waals surface area contributed by atoms with Crippen molar-refractivity contribution >= 4 is 23.9 Å². The Morgan fingerprint density at radius 2 is 1.83 bits per heavy atom. The summed E-state index contributed by atoms with van der Waals surface area (Å²) in [5, 5.41) is 12.1. The Bertz CT molecular complexity index is 245. The van der Waals surface area contributed by atoms with Crippen LogP contribution in [0.2, 0.25) is 0 Å². The van der Waals surface area contributed by atoms with Gasteiger partial charge in [-0.1, -0.05) is 38.8 Å². The van der Waals surface area contributed by atoms with E-state index in [0.29, 0.717) is 18.7 Å². The highest BCUT2D eigenvalue weighted by molar-refractivity contribution is 6.40. The van der Waals surface area contributed by atoms with Crippen LogP contribution in [-0.4, -0.2) is 41.2 Å². The van der Waals surface area contributed by atoms with Crippen molar-refractivity contribution in [2.45, 2.75) is 52.9 Å². The molecule has 0 atom stereocenters. The fourth-order valence-electron chi connectivity index (χ4n) is 1.73. The number of carbonyl (C=O) groups excluding carboxylic acids is 1. The second-order valence-corrected chi connectivity index (χ2v) is 4.30. The lowest BCUT2D eigenvalue weighted by atomic mass is 10.1. The van der Waals surface area contributed by atoms with E-state index >= 15 is 0 Å². The molecule has 0 saturated heterocycles. The van der Waals surface area contributed by atoms with Gasteiger partial charge in [0.2, 0.25) is 0 Å². The van der Waals surface area contributed by atoms with E-state index < -0.39 is 0 Å². The molecule has 0 heterocycles. The normalized spacial score (nSPS) is 11.4. The van der Waals surface area contributed by atoms with Gasteiger partial charge in [-0.05, 0) is 25.9 Å². The molecule has 0 aromatic heterocycles. The van der Waals surface area contributed by atoms with Crippen molar-refractivity contribution in [3.8, 4) is 0 Å². The van der Waals surface area contributed by atoms with Crippen LogP contribution >= 0.6 is 12.4 Å². The van der Waals surface area contributed by atoms with E-state index in [-0.39, 0.29) is 18.2 Å². The first-order valence-electron chi connectivity index (χ1n) is 6.65. The highest BCUT2D eigenvalue weighted by Crippen LogP contribution is 2.02. The fraction of sp³-hybridized carbons (Fsp3) is 0.846. The maximum atomic E-state index is 11.8. The predicted molar refractivity (Wildman–Crippen MR) is 78.0 cm³/mol. The first-order chi connectivity index (χ1) is 8.19. The van der Waals surface area contributed by atoms with Gasteiger partial charge in [-0.25, -0.2) is 0 Å². The lowest BCUT2D eigenvalue weighted by Crippen LogP contribution is -2.34. The maximum Gasteiger partial charge on any atom is 0.181 e. The van der Waals surface area contributed by atoms with Gasteiger partial charge < -0.3 is 5.21 Å².